The molecule has 1 N–H and O–H groups in total. The van der Waals surface area contributed by atoms with E-state index in [2.05, 4.69) is 35.6 Å². The van der Waals surface area contributed by atoms with Gasteiger partial charge in [-0.2, -0.15) is 0 Å². The van der Waals surface area contributed by atoms with Crippen LogP contribution in [0.25, 0.3) is 10.9 Å². The molecule has 0 radical (unpaired) electrons. The van der Waals surface area contributed by atoms with Crippen LogP contribution in [0.4, 0.5) is 5.69 Å². The topological polar surface area (TPSA) is 48.6 Å². The van der Waals surface area contributed by atoms with E-state index in [1.807, 2.05) is 35.2 Å². The van der Waals surface area contributed by atoms with Crippen molar-refractivity contribution in [2.45, 2.75) is 12.6 Å². The summed E-state index contributed by atoms with van der Waals surface area (Å²) < 4.78 is 5.71. The molecule has 0 spiro atoms. The van der Waals surface area contributed by atoms with Crippen molar-refractivity contribution in [2.24, 2.45) is 0 Å². The van der Waals surface area contributed by atoms with E-state index in [-0.39, 0.29) is 12.1 Å². The molecule has 3 aromatic rings. The normalized spacial score (nSPS) is 18.1. The number of nitrogens with one attached hydrogen (secondary N) is 1. The van der Waals surface area contributed by atoms with Crippen LogP contribution in [0.15, 0.2) is 55.1 Å². The van der Waals surface area contributed by atoms with Crippen molar-refractivity contribution in [1.29, 1.82) is 0 Å². The Balaban J connectivity index is 1.63. The predicted octanol–water partition coefficient (Wildman–Crippen LogP) is 3.88. The summed E-state index contributed by atoms with van der Waals surface area (Å²) in [6.45, 7) is 4.90. The van der Waals surface area contributed by atoms with Crippen molar-refractivity contribution in [3.05, 3.63) is 71.9 Å². The Morgan fingerprint density at radius 1 is 1.30 bits per heavy atom. The van der Waals surface area contributed by atoms with E-state index >= 15 is 0 Å². The minimum Gasteiger partial charge on any atom is -0.490 e. The zero-order valence-corrected chi connectivity index (χ0v) is 15.2. The summed E-state index contributed by atoms with van der Waals surface area (Å²) in [7, 11) is 2.06. The molecule has 1 amide bonds. The maximum Gasteiger partial charge on any atom is 0.257 e. The molecule has 27 heavy (non-hydrogen) atoms. The molecule has 5 rings (SSSR count). The van der Waals surface area contributed by atoms with Crippen LogP contribution in [0.1, 0.15) is 27.8 Å². The fourth-order valence-corrected chi connectivity index (χ4v) is 4.36. The first-order valence-corrected chi connectivity index (χ1v) is 9.20. The van der Waals surface area contributed by atoms with Gasteiger partial charge in [0.25, 0.3) is 5.91 Å². The standard InChI is InChI=1S/C22H21N3O2/c1-3-12-27-14-8-9-18-17(13-14)15-10-11-25-21(20(15)23-18)24(2)19-7-5-4-6-16(19)22(25)26/h3-9,13,21,23H,1,10-12H2,2H3/t21-/m0/s1. The number of fused-ring (bicyclic) bond motifs is 6. The average molecular weight is 359 g/mol. The molecule has 5 nitrogen and oxygen atoms in total. The van der Waals surface area contributed by atoms with Crippen molar-refractivity contribution in [2.75, 3.05) is 25.1 Å². The van der Waals surface area contributed by atoms with Gasteiger partial charge in [-0.15, -0.1) is 0 Å². The highest BCUT2D eigenvalue weighted by atomic mass is 16.5. The van der Waals surface area contributed by atoms with Crippen LogP contribution >= 0.6 is 0 Å². The molecule has 0 bridgehead atoms. The lowest BCUT2D eigenvalue weighted by Crippen LogP contribution is -2.51. The van der Waals surface area contributed by atoms with E-state index in [0.717, 1.165) is 34.6 Å². The second kappa shape index (κ2) is 5.91. The molecule has 3 heterocycles. The number of H-pyrrole nitrogens is 1. The number of anilines is 1. The Kier molecular flexibility index (Phi) is 3.50. The van der Waals surface area contributed by atoms with Gasteiger partial charge in [0, 0.05) is 24.5 Å². The molecule has 2 aromatic carbocycles. The van der Waals surface area contributed by atoms with E-state index < -0.39 is 0 Å². The maximum absolute atomic E-state index is 13.0. The van der Waals surface area contributed by atoms with Gasteiger partial charge in [-0.3, -0.25) is 4.79 Å². The van der Waals surface area contributed by atoms with Gasteiger partial charge in [0.05, 0.1) is 16.9 Å². The lowest BCUT2D eigenvalue weighted by molar-refractivity contribution is 0.0634. The minimum absolute atomic E-state index is 0.105. The largest absolute Gasteiger partial charge is 0.490 e. The van der Waals surface area contributed by atoms with Crippen molar-refractivity contribution in [3.63, 3.8) is 0 Å². The number of nitrogens with zero attached hydrogens (tertiary/aromatic N) is 2. The first-order valence-electron chi connectivity index (χ1n) is 9.20. The molecule has 0 unspecified atom stereocenters. The number of hydrogen-bond donors (Lipinski definition) is 1. The monoisotopic (exact) mass is 359 g/mol. The third-order valence-corrected chi connectivity index (χ3v) is 5.58. The quantitative estimate of drug-likeness (QED) is 0.722. The molecular formula is C22H21N3O2. The van der Waals surface area contributed by atoms with E-state index in [1.165, 1.54) is 10.9 Å². The first-order chi connectivity index (χ1) is 13.2. The molecule has 0 fully saturated rings. The average Bonchev–Trinajstić information content (AvgIpc) is 3.08. The smallest absolute Gasteiger partial charge is 0.257 e. The SMILES string of the molecule is C=CCOc1ccc2[nH]c3c(c2c1)CCN1C(=O)c2ccccc2N(C)[C@H]31. The van der Waals surface area contributed by atoms with Gasteiger partial charge in [0.1, 0.15) is 18.5 Å². The molecule has 2 aliphatic heterocycles. The number of aromatic amines is 1. The van der Waals surface area contributed by atoms with Gasteiger partial charge in [-0.1, -0.05) is 24.8 Å². The van der Waals surface area contributed by atoms with E-state index in [4.69, 9.17) is 4.74 Å². The highest BCUT2D eigenvalue weighted by Crippen LogP contribution is 2.43. The Morgan fingerprint density at radius 2 is 2.15 bits per heavy atom. The number of rotatable bonds is 3. The van der Waals surface area contributed by atoms with E-state index in [1.54, 1.807) is 6.08 Å². The molecule has 136 valence electrons. The van der Waals surface area contributed by atoms with Crippen LogP contribution in [0.5, 0.6) is 5.75 Å². The van der Waals surface area contributed by atoms with Crippen LogP contribution in [0, 0.1) is 0 Å². The summed E-state index contributed by atoms with van der Waals surface area (Å²) in [5.74, 6) is 0.943. The van der Waals surface area contributed by atoms with Crippen molar-refractivity contribution in [1.82, 2.24) is 9.88 Å². The highest BCUT2D eigenvalue weighted by molar-refractivity contribution is 6.02. The third-order valence-electron chi connectivity index (χ3n) is 5.58. The lowest BCUT2D eigenvalue weighted by atomic mass is 9.96. The fraction of sp³-hybridized carbons (Fsp3) is 0.227. The molecule has 0 saturated heterocycles. The van der Waals surface area contributed by atoms with Gasteiger partial charge in [-0.05, 0) is 42.3 Å². The molecule has 1 aromatic heterocycles. The zero-order chi connectivity index (χ0) is 18.5. The second-order valence-corrected chi connectivity index (χ2v) is 7.07. The Bertz CT molecular complexity index is 1070. The van der Waals surface area contributed by atoms with Crippen LogP contribution in [0.2, 0.25) is 0 Å². The molecule has 0 saturated carbocycles. The molecule has 5 heteroatoms. The number of carbonyl (C=O) groups excluding carboxylic acids is 1. The van der Waals surface area contributed by atoms with Gasteiger partial charge < -0.3 is 19.5 Å². The first kappa shape index (κ1) is 16.0. The third kappa shape index (κ3) is 2.28. The summed E-state index contributed by atoms with van der Waals surface area (Å²) in [4.78, 5) is 20.8. The van der Waals surface area contributed by atoms with Crippen LogP contribution in [-0.2, 0) is 6.42 Å². The predicted molar refractivity (Wildman–Crippen MR) is 106 cm³/mol. The van der Waals surface area contributed by atoms with Crippen molar-refractivity contribution >= 4 is 22.5 Å². The fourth-order valence-electron chi connectivity index (χ4n) is 4.36. The summed E-state index contributed by atoms with van der Waals surface area (Å²) in [5, 5.41) is 1.17. The van der Waals surface area contributed by atoms with E-state index in [0.29, 0.717) is 13.2 Å². The summed E-state index contributed by atoms with van der Waals surface area (Å²) >= 11 is 0. The Labute approximate surface area is 157 Å². The number of hydrogen-bond acceptors (Lipinski definition) is 3. The van der Waals surface area contributed by atoms with Crippen LogP contribution in [0.3, 0.4) is 0 Å². The summed E-state index contributed by atoms with van der Waals surface area (Å²) in [6, 6.07) is 13.9. The maximum atomic E-state index is 13.0. The Morgan fingerprint density at radius 3 is 3.00 bits per heavy atom. The van der Waals surface area contributed by atoms with Crippen molar-refractivity contribution < 1.29 is 9.53 Å². The zero-order valence-electron chi connectivity index (χ0n) is 15.2. The van der Waals surface area contributed by atoms with Gasteiger partial charge in [-0.25, -0.2) is 0 Å². The molecule has 1 atom stereocenters. The number of para-hydroxylation sites is 1. The number of ether oxygens (including phenoxy) is 1. The minimum atomic E-state index is -0.110. The van der Waals surface area contributed by atoms with E-state index in [9.17, 15) is 4.79 Å². The summed E-state index contributed by atoms with van der Waals surface area (Å²) in [5.41, 5.74) is 5.20. The lowest BCUT2D eigenvalue weighted by Gasteiger charge is -2.46. The van der Waals surface area contributed by atoms with Gasteiger partial charge in [0.2, 0.25) is 0 Å². The Hall–Kier alpha value is -3.21. The van der Waals surface area contributed by atoms with Crippen LogP contribution in [-0.4, -0.2) is 36.0 Å². The van der Waals surface area contributed by atoms with Crippen LogP contribution < -0.4 is 9.64 Å². The highest BCUT2D eigenvalue weighted by Gasteiger charge is 2.41. The number of aromatic nitrogens is 1. The summed E-state index contributed by atoms with van der Waals surface area (Å²) in [6.07, 6.45) is 2.47. The molecule has 0 aliphatic carbocycles. The molecule has 2 aliphatic rings. The number of amides is 1. The van der Waals surface area contributed by atoms with Gasteiger partial charge in [0.15, 0.2) is 0 Å². The second-order valence-electron chi connectivity index (χ2n) is 7.07. The number of carbonyl (C=O) groups is 1. The van der Waals surface area contributed by atoms with Crippen molar-refractivity contribution in [3.8, 4) is 5.75 Å². The number of benzene rings is 2. The molecular weight excluding hydrogens is 338 g/mol. The van der Waals surface area contributed by atoms with Gasteiger partial charge >= 0.3 is 0 Å².